The van der Waals surface area contributed by atoms with E-state index >= 15 is 0 Å². The van der Waals surface area contributed by atoms with Crippen molar-refractivity contribution in [3.8, 4) is 0 Å². The number of thiophene rings is 1. The molecule has 0 saturated heterocycles. The number of benzene rings is 1. The Morgan fingerprint density at radius 1 is 1.54 bits per heavy atom. The van der Waals surface area contributed by atoms with Crippen molar-refractivity contribution in [2.75, 3.05) is 5.73 Å². The Bertz CT molecular complexity index is 452. The van der Waals surface area contributed by atoms with Gasteiger partial charge in [0, 0.05) is 16.0 Å². The summed E-state index contributed by atoms with van der Waals surface area (Å²) in [6, 6.07) is 3.64. The van der Waals surface area contributed by atoms with Gasteiger partial charge in [0.25, 0.3) is 0 Å². The molecule has 0 atom stereocenters. The molecule has 0 radical (unpaired) electrons. The zero-order chi connectivity index (χ0) is 9.42. The van der Waals surface area contributed by atoms with E-state index in [9.17, 15) is 0 Å². The van der Waals surface area contributed by atoms with Gasteiger partial charge in [0.15, 0.2) is 0 Å². The molecule has 0 bridgehead atoms. The van der Waals surface area contributed by atoms with Gasteiger partial charge in [-0.2, -0.15) is 0 Å². The molecule has 2 rings (SSSR count). The Morgan fingerprint density at radius 3 is 3.00 bits per heavy atom. The average molecular weight is 214 g/mol. The van der Waals surface area contributed by atoms with Crippen molar-refractivity contribution in [3.63, 3.8) is 0 Å². The van der Waals surface area contributed by atoms with E-state index in [0.717, 1.165) is 10.1 Å². The molecule has 1 aromatic carbocycles. The van der Waals surface area contributed by atoms with Crippen molar-refractivity contribution in [3.05, 3.63) is 28.1 Å². The molecule has 0 aliphatic carbocycles. The predicted octanol–water partition coefficient (Wildman–Crippen LogP) is 2.63. The van der Waals surface area contributed by atoms with Gasteiger partial charge in [0.05, 0.1) is 17.0 Å². The summed E-state index contributed by atoms with van der Waals surface area (Å²) in [6.07, 6.45) is 0. The van der Waals surface area contributed by atoms with Crippen molar-refractivity contribution < 1.29 is 5.11 Å². The van der Waals surface area contributed by atoms with E-state index in [4.69, 9.17) is 22.4 Å². The van der Waals surface area contributed by atoms with Crippen molar-refractivity contribution in [2.24, 2.45) is 0 Å². The van der Waals surface area contributed by atoms with Crippen molar-refractivity contribution in [1.29, 1.82) is 0 Å². The molecule has 68 valence electrons. The van der Waals surface area contributed by atoms with Crippen LogP contribution in [-0.4, -0.2) is 5.11 Å². The summed E-state index contributed by atoms with van der Waals surface area (Å²) in [5.74, 6) is 0. The molecule has 0 aliphatic heterocycles. The molecule has 0 fully saturated rings. The monoisotopic (exact) mass is 213 g/mol. The molecule has 1 aromatic heterocycles. The Hall–Kier alpha value is -0.770. The van der Waals surface area contributed by atoms with E-state index < -0.39 is 0 Å². The van der Waals surface area contributed by atoms with Crippen molar-refractivity contribution >= 4 is 38.7 Å². The molecule has 1 heterocycles. The van der Waals surface area contributed by atoms with Gasteiger partial charge in [-0.25, -0.2) is 0 Å². The molecule has 0 aliphatic rings. The number of rotatable bonds is 1. The average Bonchev–Trinajstić information content (AvgIpc) is 2.60. The summed E-state index contributed by atoms with van der Waals surface area (Å²) >= 11 is 7.53. The summed E-state index contributed by atoms with van der Waals surface area (Å²) in [7, 11) is 0. The Morgan fingerprint density at radius 2 is 2.31 bits per heavy atom. The number of halogens is 1. The van der Waals surface area contributed by atoms with E-state index in [1.807, 2.05) is 11.4 Å². The number of aliphatic hydroxyl groups is 1. The first-order chi connectivity index (χ1) is 6.24. The van der Waals surface area contributed by atoms with Crippen molar-refractivity contribution in [1.82, 2.24) is 0 Å². The molecule has 0 spiro atoms. The maximum atomic E-state index is 9.01. The van der Waals surface area contributed by atoms with Crippen LogP contribution in [0.25, 0.3) is 10.1 Å². The molecule has 0 amide bonds. The smallest absolute Gasteiger partial charge is 0.0702 e. The lowest BCUT2D eigenvalue weighted by Crippen LogP contribution is -1.94. The third kappa shape index (κ3) is 1.29. The first kappa shape index (κ1) is 8.81. The third-order valence-electron chi connectivity index (χ3n) is 1.98. The Kier molecular flexibility index (Phi) is 2.15. The number of hydrogen-bond donors (Lipinski definition) is 2. The van der Waals surface area contributed by atoms with Gasteiger partial charge in [-0.15, -0.1) is 11.3 Å². The number of anilines is 1. The summed E-state index contributed by atoms with van der Waals surface area (Å²) in [5, 5.41) is 12.6. The fourth-order valence-corrected chi connectivity index (χ4v) is 2.54. The number of nitrogen functional groups attached to an aromatic ring is 1. The van der Waals surface area contributed by atoms with E-state index in [1.54, 1.807) is 6.07 Å². The molecule has 2 nitrogen and oxygen atoms in total. The van der Waals surface area contributed by atoms with Crippen LogP contribution in [0.5, 0.6) is 0 Å². The van der Waals surface area contributed by atoms with Gasteiger partial charge in [-0.1, -0.05) is 11.6 Å². The van der Waals surface area contributed by atoms with E-state index in [-0.39, 0.29) is 6.61 Å². The zero-order valence-corrected chi connectivity index (χ0v) is 8.32. The SMILES string of the molecule is Nc1c(CO)cc(Cl)c2ccsc12. The maximum absolute atomic E-state index is 9.01. The maximum Gasteiger partial charge on any atom is 0.0702 e. The van der Waals surface area contributed by atoms with E-state index in [1.165, 1.54) is 11.3 Å². The van der Waals surface area contributed by atoms with Crippen LogP contribution in [0.1, 0.15) is 5.56 Å². The van der Waals surface area contributed by atoms with Crippen molar-refractivity contribution in [2.45, 2.75) is 6.61 Å². The highest BCUT2D eigenvalue weighted by atomic mass is 35.5. The number of hydrogen-bond acceptors (Lipinski definition) is 3. The second-order valence-corrected chi connectivity index (χ2v) is 4.08. The largest absolute Gasteiger partial charge is 0.397 e. The van der Waals surface area contributed by atoms with Crippen LogP contribution in [0.2, 0.25) is 5.02 Å². The first-order valence-corrected chi connectivity index (χ1v) is 5.04. The van der Waals surface area contributed by atoms with Gasteiger partial charge in [-0.3, -0.25) is 0 Å². The fraction of sp³-hybridized carbons (Fsp3) is 0.111. The number of nitrogens with two attached hydrogens (primary N) is 1. The molecule has 3 N–H and O–H groups in total. The minimum Gasteiger partial charge on any atom is -0.397 e. The van der Waals surface area contributed by atoms with Gasteiger partial charge in [-0.05, 0) is 17.5 Å². The van der Waals surface area contributed by atoms with Gasteiger partial charge < -0.3 is 10.8 Å². The second kappa shape index (κ2) is 3.18. The number of aliphatic hydroxyl groups excluding tert-OH is 1. The summed E-state index contributed by atoms with van der Waals surface area (Å²) < 4.78 is 0.955. The Balaban J connectivity index is 2.85. The lowest BCUT2D eigenvalue weighted by molar-refractivity contribution is 0.282. The van der Waals surface area contributed by atoms with Crippen LogP contribution in [0.3, 0.4) is 0 Å². The normalized spacial score (nSPS) is 10.9. The first-order valence-electron chi connectivity index (χ1n) is 3.79. The van der Waals surface area contributed by atoms with Crippen LogP contribution in [-0.2, 0) is 6.61 Å². The summed E-state index contributed by atoms with van der Waals surface area (Å²) in [6.45, 7) is -0.0700. The van der Waals surface area contributed by atoms with E-state index in [0.29, 0.717) is 16.3 Å². The third-order valence-corrected chi connectivity index (χ3v) is 3.24. The molecular weight excluding hydrogens is 206 g/mol. The van der Waals surface area contributed by atoms with Crippen LogP contribution in [0, 0.1) is 0 Å². The van der Waals surface area contributed by atoms with Crippen LogP contribution < -0.4 is 5.73 Å². The molecular formula is C9H8ClNOS. The molecule has 0 unspecified atom stereocenters. The summed E-state index contributed by atoms with van der Waals surface area (Å²) in [4.78, 5) is 0. The highest BCUT2D eigenvalue weighted by molar-refractivity contribution is 7.18. The molecule has 0 saturated carbocycles. The summed E-state index contributed by atoms with van der Waals surface area (Å²) in [5.41, 5.74) is 7.17. The van der Waals surface area contributed by atoms with Gasteiger partial charge in [0.1, 0.15) is 0 Å². The number of fused-ring (bicyclic) bond motifs is 1. The van der Waals surface area contributed by atoms with E-state index in [2.05, 4.69) is 0 Å². The molecule has 2 aromatic rings. The minimum absolute atomic E-state index is 0.0700. The van der Waals surface area contributed by atoms with Gasteiger partial charge >= 0.3 is 0 Å². The molecule has 4 heteroatoms. The topological polar surface area (TPSA) is 46.2 Å². The standard InChI is InChI=1S/C9H8ClNOS/c10-7-3-5(4-12)8(11)9-6(7)1-2-13-9/h1-3,12H,4,11H2. The highest BCUT2D eigenvalue weighted by Crippen LogP contribution is 2.35. The van der Waals surface area contributed by atoms with Crippen LogP contribution in [0.15, 0.2) is 17.5 Å². The zero-order valence-electron chi connectivity index (χ0n) is 6.75. The fourth-order valence-electron chi connectivity index (χ4n) is 1.29. The van der Waals surface area contributed by atoms with Crippen LogP contribution >= 0.6 is 22.9 Å². The molecule has 13 heavy (non-hydrogen) atoms. The lowest BCUT2D eigenvalue weighted by Gasteiger charge is -2.04. The minimum atomic E-state index is -0.0700. The van der Waals surface area contributed by atoms with Crippen LogP contribution in [0.4, 0.5) is 5.69 Å². The lowest BCUT2D eigenvalue weighted by atomic mass is 10.1. The highest BCUT2D eigenvalue weighted by Gasteiger charge is 2.08. The second-order valence-electron chi connectivity index (χ2n) is 2.75. The Labute approximate surface area is 84.6 Å². The van der Waals surface area contributed by atoms with Gasteiger partial charge in [0.2, 0.25) is 0 Å². The quantitative estimate of drug-likeness (QED) is 0.716. The predicted molar refractivity (Wildman–Crippen MR) is 57.2 cm³/mol.